The molecule has 1 aromatic carbocycles. The van der Waals surface area contributed by atoms with Crippen LogP contribution in [-0.2, 0) is 6.54 Å². The summed E-state index contributed by atoms with van der Waals surface area (Å²) >= 11 is 5.94. The third kappa shape index (κ3) is 3.88. The van der Waals surface area contributed by atoms with Gasteiger partial charge in [-0.1, -0.05) is 11.6 Å². The number of benzene rings is 1. The topological polar surface area (TPSA) is 68.3 Å². The van der Waals surface area contributed by atoms with Gasteiger partial charge in [0.05, 0.1) is 14.2 Å². The molecule has 2 rings (SSSR count). The second-order valence-electron chi connectivity index (χ2n) is 4.18. The highest BCUT2D eigenvalue weighted by Gasteiger charge is 2.07. The van der Waals surface area contributed by atoms with Crippen LogP contribution >= 0.6 is 11.6 Å². The maximum atomic E-state index is 5.94. The molecule has 0 atom stereocenters. The van der Waals surface area contributed by atoms with E-state index in [1.807, 2.05) is 18.2 Å². The van der Waals surface area contributed by atoms with Gasteiger partial charge < -0.3 is 20.1 Å². The number of methoxy groups -OCH3 is 2. The Kier molecular flexibility index (Phi) is 5.05. The number of anilines is 2. The average Bonchev–Trinajstić information content (AvgIpc) is 2.52. The second kappa shape index (κ2) is 6.99. The molecule has 2 N–H and O–H groups in total. The number of hydrogen-bond donors (Lipinski definition) is 2. The van der Waals surface area contributed by atoms with Crippen molar-refractivity contribution >= 4 is 23.4 Å². The van der Waals surface area contributed by atoms with Crippen molar-refractivity contribution in [3.63, 3.8) is 0 Å². The molecule has 0 unspecified atom stereocenters. The van der Waals surface area contributed by atoms with Crippen molar-refractivity contribution in [2.24, 2.45) is 0 Å². The van der Waals surface area contributed by atoms with Crippen LogP contribution in [0.2, 0.25) is 5.15 Å². The average molecular weight is 309 g/mol. The summed E-state index contributed by atoms with van der Waals surface area (Å²) in [5, 5.41) is 6.42. The molecule has 1 heterocycles. The highest BCUT2D eigenvalue weighted by Crippen LogP contribution is 2.25. The Morgan fingerprint density at radius 2 is 1.95 bits per heavy atom. The molecule has 0 fully saturated rings. The number of aromatic nitrogens is 2. The first-order valence-corrected chi connectivity index (χ1v) is 6.71. The van der Waals surface area contributed by atoms with Crippen LogP contribution < -0.4 is 20.1 Å². The number of ether oxygens (including phenoxy) is 2. The normalized spacial score (nSPS) is 10.1. The molecule has 21 heavy (non-hydrogen) atoms. The van der Waals surface area contributed by atoms with Gasteiger partial charge in [0.2, 0.25) is 5.95 Å². The molecule has 6 nitrogen and oxygen atoms in total. The van der Waals surface area contributed by atoms with Gasteiger partial charge in [0.15, 0.2) is 0 Å². The Labute approximate surface area is 128 Å². The van der Waals surface area contributed by atoms with Crippen LogP contribution in [0.15, 0.2) is 24.3 Å². The Hall–Kier alpha value is -2.21. The summed E-state index contributed by atoms with van der Waals surface area (Å²) in [7, 11) is 5.01. The molecule has 0 saturated heterocycles. The summed E-state index contributed by atoms with van der Waals surface area (Å²) in [4.78, 5) is 8.40. The van der Waals surface area contributed by atoms with E-state index in [1.165, 1.54) is 0 Å². The van der Waals surface area contributed by atoms with Crippen LogP contribution in [0.25, 0.3) is 0 Å². The molecule has 0 aliphatic rings. The fraction of sp³-hybridized carbons (Fsp3) is 0.286. The predicted octanol–water partition coefficient (Wildman–Crippen LogP) is 2.80. The van der Waals surface area contributed by atoms with Crippen LogP contribution in [0, 0.1) is 0 Å². The lowest BCUT2D eigenvalue weighted by Crippen LogP contribution is -2.06. The standard InChI is InChI=1S/C14H17ClN4O2/c1-16-13-7-12(15)18-14(19-13)17-8-9-4-5-10(20-2)6-11(9)21-3/h4-7H,8H2,1-3H3,(H2,16,17,18,19). The number of rotatable bonds is 6. The fourth-order valence-electron chi connectivity index (χ4n) is 1.80. The van der Waals surface area contributed by atoms with E-state index in [0.717, 1.165) is 17.1 Å². The molecular formula is C14H17ClN4O2. The zero-order chi connectivity index (χ0) is 15.2. The quantitative estimate of drug-likeness (QED) is 0.800. The van der Waals surface area contributed by atoms with Crippen molar-refractivity contribution in [1.29, 1.82) is 0 Å². The van der Waals surface area contributed by atoms with Crippen LogP contribution in [0.5, 0.6) is 11.5 Å². The van der Waals surface area contributed by atoms with E-state index >= 15 is 0 Å². The van der Waals surface area contributed by atoms with E-state index in [9.17, 15) is 0 Å². The third-order valence-corrected chi connectivity index (χ3v) is 3.08. The molecule has 1 aromatic heterocycles. The van der Waals surface area contributed by atoms with Crippen molar-refractivity contribution in [1.82, 2.24) is 9.97 Å². The number of halogens is 1. The zero-order valence-corrected chi connectivity index (χ0v) is 12.9. The van der Waals surface area contributed by atoms with Crippen molar-refractivity contribution in [2.75, 3.05) is 31.9 Å². The van der Waals surface area contributed by atoms with Crippen LogP contribution in [-0.4, -0.2) is 31.2 Å². The van der Waals surface area contributed by atoms with Gasteiger partial charge in [-0.25, -0.2) is 4.98 Å². The van der Waals surface area contributed by atoms with Gasteiger partial charge in [0.1, 0.15) is 22.5 Å². The first kappa shape index (κ1) is 15.2. The van der Waals surface area contributed by atoms with Gasteiger partial charge in [0, 0.05) is 31.3 Å². The van der Waals surface area contributed by atoms with E-state index < -0.39 is 0 Å². The van der Waals surface area contributed by atoms with E-state index in [4.69, 9.17) is 21.1 Å². The summed E-state index contributed by atoms with van der Waals surface area (Å²) < 4.78 is 10.5. The Balaban J connectivity index is 2.14. The van der Waals surface area contributed by atoms with Crippen molar-refractivity contribution in [2.45, 2.75) is 6.54 Å². The molecule has 0 radical (unpaired) electrons. The maximum absolute atomic E-state index is 5.94. The monoisotopic (exact) mass is 308 g/mol. The van der Waals surface area contributed by atoms with Gasteiger partial charge in [-0.05, 0) is 12.1 Å². The molecule has 2 aromatic rings. The van der Waals surface area contributed by atoms with Crippen LogP contribution in [0.1, 0.15) is 5.56 Å². The van der Waals surface area contributed by atoms with Gasteiger partial charge >= 0.3 is 0 Å². The Morgan fingerprint density at radius 3 is 2.62 bits per heavy atom. The SMILES string of the molecule is CNc1cc(Cl)nc(NCc2ccc(OC)cc2OC)n1. The highest BCUT2D eigenvalue weighted by molar-refractivity contribution is 6.29. The molecule has 0 saturated carbocycles. The van der Waals surface area contributed by atoms with Crippen molar-refractivity contribution in [3.05, 3.63) is 35.0 Å². The van der Waals surface area contributed by atoms with Gasteiger partial charge in [-0.3, -0.25) is 0 Å². The molecule has 0 bridgehead atoms. The van der Waals surface area contributed by atoms with Crippen LogP contribution in [0.3, 0.4) is 0 Å². The molecule has 0 aliphatic carbocycles. The molecule has 0 aliphatic heterocycles. The minimum Gasteiger partial charge on any atom is -0.497 e. The summed E-state index contributed by atoms with van der Waals surface area (Å²) in [6.07, 6.45) is 0. The largest absolute Gasteiger partial charge is 0.497 e. The number of nitrogens with zero attached hydrogens (tertiary/aromatic N) is 2. The first-order chi connectivity index (χ1) is 10.2. The molecule has 112 valence electrons. The predicted molar refractivity (Wildman–Crippen MR) is 83.5 cm³/mol. The van der Waals surface area contributed by atoms with Gasteiger partial charge in [0.25, 0.3) is 0 Å². The second-order valence-corrected chi connectivity index (χ2v) is 4.57. The van der Waals surface area contributed by atoms with E-state index in [2.05, 4.69) is 20.6 Å². The lowest BCUT2D eigenvalue weighted by atomic mass is 10.2. The minimum atomic E-state index is 0.374. The zero-order valence-electron chi connectivity index (χ0n) is 12.1. The highest BCUT2D eigenvalue weighted by atomic mass is 35.5. The summed E-state index contributed by atoms with van der Waals surface area (Å²) in [6, 6.07) is 7.28. The third-order valence-electron chi connectivity index (χ3n) is 2.88. The Morgan fingerprint density at radius 1 is 1.14 bits per heavy atom. The molecule has 0 amide bonds. The van der Waals surface area contributed by atoms with Crippen molar-refractivity contribution in [3.8, 4) is 11.5 Å². The van der Waals surface area contributed by atoms with Crippen molar-refractivity contribution < 1.29 is 9.47 Å². The summed E-state index contributed by atoms with van der Waals surface area (Å²) in [6.45, 7) is 0.511. The lowest BCUT2D eigenvalue weighted by molar-refractivity contribution is 0.391. The fourth-order valence-corrected chi connectivity index (χ4v) is 1.98. The number of hydrogen-bond acceptors (Lipinski definition) is 6. The first-order valence-electron chi connectivity index (χ1n) is 6.33. The molecule has 0 spiro atoms. The van der Waals surface area contributed by atoms with E-state index in [-0.39, 0.29) is 0 Å². The Bertz CT molecular complexity index is 622. The van der Waals surface area contributed by atoms with Gasteiger partial charge in [-0.2, -0.15) is 4.98 Å². The van der Waals surface area contributed by atoms with Crippen LogP contribution in [0.4, 0.5) is 11.8 Å². The molecular weight excluding hydrogens is 292 g/mol. The summed E-state index contributed by atoms with van der Waals surface area (Å²) in [5.74, 6) is 2.58. The number of nitrogens with one attached hydrogen (secondary N) is 2. The van der Waals surface area contributed by atoms with E-state index in [1.54, 1.807) is 27.3 Å². The summed E-state index contributed by atoms with van der Waals surface area (Å²) in [5.41, 5.74) is 0.966. The smallest absolute Gasteiger partial charge is 0.226 e. The maximum Gasteiger partial charge on any atom is 0.226 e. The lowest BCUT2D eigenvalue weighted by Gasteiger charge is -2.12. The molecule has 7 heteroatoms. The minimum absolute atomic E-state index is 0.374. The van der Waals surface area contributed by atoms with E-state index in [0.29, 0.717) is 23.5 Å². The van der Waals surface area contributed by atoms with Gasteiger partial charge in [-0.15, -0.1) is 0 Å².